The van der Waals surface area contributed by atoms with E-state index in [-0.39, 0.29) is 23.8 Å². The molecule has 0 saturated carbocycles. The number of para-hydroxylation sites is 1. The summed E-state index contributed by atoms with van der Waals surface area (Å²) in [6.07, 6.45) is 0.251. The van der Waals surface area contributed by atoms with E-state index < -0.39 is 0 Å². The van der Waals surface area contributed by atoms with Crippen LogP contribution in [0.1, 0.15) is 37.6 Å². The largest absolute Gasteiger partial charge is 0.493 e. The molecule has 0 heterocycles. The van der Waals surface area contributed by atoms with Crippen molar-refractivity contribution in [1.29, 1.82) is 0 Å². The van der Waals surface area contributed by atoms with Gasteiger partial charge in [-0.3, -0.25) is 9.59 Å². The van der Waals surface area contributed by atoms with Gasteiger partial charge < -0.3 is 15.4 Å². The predicted molar refractivity (Wildman–Crippen MR) is 98.8 cm³/mol. The lowest BCUT2D eigenvalue weighted by Gasteiger charge is -2.20. The molecule has 0 aromatic heterocycles. The molecule has 0 unspecified atom stereocenters. The quantitative estimate of drug-likeness (QED) is 0.844. The van der Waals surface area contributed by atoms with E-state index in [4.69, 9.17) is 4.74 Å². The van der Waals surface area contributed by atoms with Crippen molar-refractivity contribution >= 4 is 17.5 Å². The molecule has 0 aliphatic carbocycles. The highest BCUT2D eigenvalue weighted by molar-refractivity contribution is 5.96. The summed E-state index contributed by atoms with van der Waals surface area (Å²) in [6, 6.07) is 16.2. The molecule has 0 bridgehead atoms. The van der Waals surface area contributed by atoms with Crippen LogP contribution in [0.3, 0.4) is 0 Å². The maximum Gasteiger partial charge on any atom is 0.251 e. The van der Waals surface area contributed by atoms with Crippen molar-refractivity contribution in [3.05, 3.63) is 60.2 Å². The van der Waals surface area contributed by atoms with E-state index in [1.54, 1.807) is 24.3 Å². The van der Waals surface area contributed by atoms with Crippen LogP contribution < -0.4 is 15.4 Å². The van der Waals surface area contributed by atoms with Crippen LogP contribution in [0.5, 0.6) is 5.75 Å². The van der Waals surface area contributed by atoms with E-state index in [1.807, 2.05) is 51.1 Å². The van der Waals surface area contributed by atoms with Crippen LogP contribution in [-0.4, -0.2) is 24.0 Å². The van der Waals surface area contributed by atoms with Gasteiger partial charge >= 0.3 is 0 Å². The van der Waals surface area contributed by atoms with Gasteiger partial charge in [-0.2, -0.15) is 0 Å². The van der Waals surface area contributed by atoms with Gasteiger partial charge in [-0.25, -0.2) is 0 Å². The molecule has 0 fully saturated rings. The van der Waals surface area contributed by atoms with Gasteiger partial charge in [-0.05, 0) is 57.2 Å². The lowest BCUT2D eigenvalue weighted by molar-refractivity contribution is -0.116. The van der Waals surface area contributed by atoms with E-state index in [0.29, 0.717) is 17.9 Å². The van der Waals surface area contributed by atoms with E-state index in [1.165, 1.54) is 0 Å². The second-order valence-electron chi connectivity index (χ2n) is 6.74. The highest BCUT2D eigenvalue weighted by Crippen LogP contribution is 2.12. The molecule has 0 aliphatic rings. The van der Waals surface area contributed by atoms with Gasteiger partial charge in [0.25, 0.3) is 5.91 Å². The fourth-order valence-electron chi connectivity index (χ4n) is 2.12. The maximum absolute atomic E-state index is 12.1. The monoisotopic (exact) mass is 340 g/mol. The van der Waals surface area contributed by atoms with Gasteiger partial charge in [0.1, 0.15) is 5.75 Å². The third-order valence-corrected chi connectivity index (χ3v) is 3.26. The average Bonchev–Trinajstić information content (AvgIpc) is 2.55. The summed E-state index contributed by atoms with van der Waals surface area (Å²) in [5, 5.41) is 5.69. The number of nitrogens with one attached hydrogen (secondary N) is 2. The zero-order valence-electron chi connectivity index (χ0n) is 14.8. The van der Waals surface area contributed by atoms with Crippen molar-refractivity contribution in [2.24, 2.45) is 0 Å². The SMILES string of the molecule is CC(C)(C)NC(=O)c1ccc(NC(=O)CCOc2ccccc2)cc1. The summed E-state index contributed by atoms with van der Waals surface area (Å²) in [6.45, 7) is 6.09. The molecule has 2 amide bonds. The minimum absolute atomic E-state index is 0.136. The highest BCUT2D eigenvalue weighted by atomic mass is 16.5. The molecule has 0 atom stereocenters. The van der Waals surface area contributed by atoms with Gasteiger partial charge in [0.05, 0.1) is 13.0 Å². The third kappa shape index (κ3) is 6.67. The zero-order valence-corrected chi connectivity index (χ0v) is 14.8. The third-order valence-electron chi connectivity index (χ3n) is 3.26. The first-order chi connectivity index (χ1) is 11.8. The molecule has 2 rings (SSSR count). The van der Waals surface area contributed by atoms with Crippen molar-refractivity contribution in [3.8, 4) is 5.75 Å². The van der Waals surface area contributed by atoms with Crippen LogP contribution in [0.25, 0.3) is 0 Å². The number of benzene rings is 2. The Hall–Kier alpha value is -2.82. The molecule has 132 valence electrons. The topological polar surface area (TPSA) is 67.4 Å². The van der Waals surface area contributed by atoms with Crippen molar-refractivity contribution in [2.75, 3.05) is 11.9 Å². The molecule has 5 nitrogen and oxygen atoms in total. The number of hydrogen-bond acceptors (Lipinski definition) is 3. The summed E-state index contributed by atoms with van der Waals surface area (Å²) >= 11 is 0. The van der Waals surface area contributed by atoms with E-state index in [9.17, 15) is 9.59 Å². The van der Waals surface area contributed by atoms with Gasteiger partial charge in [-0.15, -0.1) is 0 Å². The minimum atomic E-state index is -0.289. The summed E-state index contributed by atoms with van der Waals surface area (Å²) in [5.41, 5.74) is 0.917. The van der Waals surface area contributed by atoms with Gasteiger partial charge in [0, 0.05) is 16.8 Å². The standard InChI is InChI=1S/C20H24N2O3/c1-20(2,3)22-19(24)15-9-11-16(12-10-15)21-18(23)13-14-25-17-7-5-4-6-8-17/h4-12H,13-14H2,1-3H3,(H,21,23)(H,22,24). The minimum Gasteiger partial charge on any atom is -0.493 e. The first-order valence-corrected chi connectivity index (χ1v) is 8.24. The van der Waals surface area contributed by atoms with Crippen molar-refractivity contribution < 1.29 is 14.3 Å². The Labute approximate surface area is 148 Å². The molecule has 2 aromatic rings. The molecule has 25 heavy (non-hydrogen) atoms. The number of hydrogen-bond donors (Lipinski definition) is 2. The normalized spacial score (nSPS) is 10.8. The van der Waals surface area contributed by atoms with E-state index in [0.717, 1.165) is 5.75 Å². The second-order valence-corrected chi connectivity index (χ2v) is 6.74. The number of carbonyl (C=O) groups excluding carboxylic acids is 2. The van der Waals surface area contributed by atoms with E-state index in [2.05, 4.69) is 10.6 Å². The van der Waals surface area contributed by atoms with Crippen molar-refractivity contribution in [1.82, 2.24) is 5.32 Å². The molecule has 5 heteroatoms. The Balaban J connectivity index is 1.80. The fourth-order valence-corrected chi connectivity index (χ4v) is 2.12. The average molecular weight is 340 g/mol. The Morgan fingerprint density at radius 1 is 0.960 bits per heavy atom. The lowest BCUT2D eigenvalue weighted by Crippen LogP contribution is -2.40. The second kappa shape index (κ2) is 8.33. The number of ether oxygens (including phenoxy) is 1. The molecule has 2 N–H and O–H groups in total. The Kier molecular flexibility index (Phi) is 6.17. The van der Waals surface area contributed by atoms with Crippen LogP contribution in [0.15, 0.2) is 54.6 Å². The van der Waals surface area contributed by atoms with Crippen LogP contribution in [0, 0.1) is 0 Å². The Morgan fingerprint density at radius 3 is 2.20 bits per heavy atom. The Morgan fingerprint density at radius 2 is 1.60 bits per heavy atom. The maximum atomic E-state index is 12.1. The van der Waals surface area contributed by atoms with Crippen LogP contribution in [0.4, 0.5) is 5.69 Å². The number of carbonyl (C=O) groups is 2. The molecular formula is C20H24N2O3. The van der Waals surface area contributed by atoms with Crippen molar-refractivity contribution in [3.63, 3.8) is 0 Å². The predicted octanol–water partition coefficient (Wildman–Crippen LogP) is 3.62. The Bertz CT molecular complexity index is 704. The molecule has 0 radical (unpaired) electrons. The van der Waals surface area contributed by atoms with Crippen LogP contribution in [-0.2, 0) is 4.79 Å². The molecular weight excluding hydrogens is 316 g/mol. The van der Waals surface area contributed by atoms with Gasteiger partial charge in [0.2, 0.25) is 5.91 Å². The summed E-state index contributed by atoms with van der Waals surface area (Å²) < 4.78 is 5.50. The number of rotatable bonds is 6. The lowest BCUT2D eigenvalue weighted by atomic mass is 10.1. The summed E-state index contributed by atoms with van der Waals surface area (Å²) in [5.74, 6) is 0.467. The van der Waals surface area contributed by atoms with Crippen LogP contribution in [0.2, 0.25) is 0 Å². The molecule has 0 saturated heterocycles. The molecule has 0 spiro atoms. The van der Waals surface area contributed by atoms with E-state index >= 15 is 0 Å². The summed E-state index contributed by atoms with van der Waals surface area (Å²) in [4.78, 5) is 24.0. The first-order valence-electron chi connectivity index (χ1n) is 8.24. The molecule has 2 aromatic carbocycles. The first kappa shape index (κ1) is 18.5. The number of anilines is 1. The highest BCUT2D eigenvalue weighted by Gasteiger charge is 2.15. The zero-order chi connectivity index (χ0) is 18.3. The number of amides is 2. The van der Waals surface area contributed by atoms with Crippen LogP contribution >= 0.6 is 0 Å². The van der Waals surface area contributed by atoms with Crippen molar-refractivity contribution in [2.45, 2.75) is 32.7 Å². The van der Waals surface area contributed by atoms with Gasteiger partial charge in [-0.1, -0.05) is 18.2 Å². The van der Waals surface area contributed by atoms with Gasteiger partial charge in [0.15, 0.2) is 0 Å². The molecule has 0 aliphatic heterocycles. The summed E-state index contributed by atoms with van der Waals surface area (Å²) in [7, 11) is 0. The smallest absolute Gasteiger partial charge is 0.251 e. The fraction of sp³-hybridized carbons (Fsp3) is 0.300.